The normalized spacial score (nSPS) is 21.3. The minimum Gasteiger partial charge on any atom is -0.339 e. The number of likely N-dealkylation sites (tertiary alicyclic amines) is 1. The van der Waals surface area contributed by atoms with Gasteiger partial charge in [0.15, 0.2) is 0 Å². The molecule has 0 spiro atoms. The standard InChI is InChI=1S/C16H21ClN4O.ClH/c1-16(10-18)7-9-21(11-16)8-6-14-19-15(20-22-14)12-2-4-13(17)5-3-12;/h2-5H,6-11,18H2,1H3;1H. The van der Waals surface area contributed by atoms with Gasteiger partial charge in [0.05, 0.1) is 0 Å². The smallest absolute Gasteiger partial charge is 0.228 e. The van der Waals surface area contributed by atoms with Gasteiger partial charge in [-0.3, -0.25) is 0 Å². The molecule has 126 valence electrons. The summed E-state index contributed by atoms with van der Waals surface area (Å²) in [7, 11) is 0. The van der Waals surface area contributed by atoms with Crippen LogP contribution in [0.5, 0.6) is 0 Å². The maximum Gasteiger partial charge on any atom is 0.228 e. The molecular weight excluding hydrogens is 335 g/mol. The number of halogens is 2. The minimum atomic E-state index is 0. The first-order chi connectivity index (χ1) is 10.6. The predicted molar refractivity (Wildman–Crippen MR) is 93.9 cm³/mol. The number of aromatic nitrogens is 2. The van der Waals surface area contributed by atoms with E-state index in [0.29, 0.717) is 16.7 Å². The fourth-order valence-corrected chi connectivity index (χ4v) is 2.94. The average molecular weight is 357 g/mol. The Hall–Kier alpha value is -1.14. The maximum atomic E-state index is 5.88. The zero-order valence-electron chi connectivity index (χ0n) is 13.2. The number of benzene rings is 1. The van der Waals surface area contributed by atoms with E-state index in [-0.39, 0.29) is 17.8 Å². The molecule has 1 aliphatic heterocycles. The molecule has 5 nitrogen and oxygen atoms in total. The van der Waals surface area contributed by atoms with Crippen molar-refractivity contribution in [1.29, 1.82) is 0 Å². The SMILES string of the molecule is CC1(CN)CCN(CCc2nc(-c3ccc(Cl)cc3)no2)C1.Cl. The van der Waals surface area contributed by atoms with Crippen LogP contribution in [0, 0.1) is 5.41 Å². The Morgan fingerprint density at radius 1 is 1.35 bits per heavy atom. The van der Waals surface area contributed by atoms with Gasteiger partial charge in [0.2, 0.25) is 11.7 Å². The molecule has 0 bridgehead atoms. The van der Waals surface area contributed by atoms with Crippen LogP contribution >= 0.6 is 24.0 Å². The second-order valence-electron chi connectivity index (χ2n) is 6.31. The Morgan fingerprint density at radius 3 is 2.74 bits per heavy atom. The quantitative estimate of drug-likeness (QED) is 0.891. The third-order valence-corrected chi connectivity index (χ3v) is 4.59. The molecule has 0 saturated carbocycles. The topological polar surface area (TPSA) is 68.2 Å². The molecule has 0 aliphatic carbocycles. The molecule has 23 heavy (non-hydrogen) atoms. The van der Waals surface area contributed by atoms with Gasteiger partial charge < -0.3 is 15.2 Å². The molecule has 1 aliphatic rings. The van der Waals surface area contributed by atoms with Crippen molar-refractivity contribution >= 4 is 24.0 Å². The number of hydrogen-bond acceptors (Lipinski definition) is 5. The molecule has 3 rings (SSSR count). The number of rotatable bonds is 5. The van der Waals surface area contributed by atoms with E-state index in [2.05, 4.69) is 22.0 Å². The van der Waals surface area contributed by atoms with Crippen LogP contribution in [-0.4, -0.2) is 41.2 Å². The zero-order chi connectivity index (χ0) is 15.6. The molecule has 1 saturated heterocycles. The molecule has 1 atom stereocenters. The van der Waals surface area contributed by atoms with Crippen molar-refractivity contribution in [2.24, 2.45) is 11.1 Å². The Labute approximate surface area is 147 Å². The molecule has 1 aromatic carbocycles. The minimum absolute atomic E-state index is 0. The molecule has 1 aromatic heterocycles. The van der Waals surface area contributed by atoms with Crippen LogP contribution in [0.15, 0.2) is 28.8 Å². The summed E-state index contributed by atoms with van der Waals surface area (Å²) in [5.74, 6) is 1.28. The van der Waals surface area contributed by atoms with Gasteiger partial charge in [-0.05, 0) is 49.2 Å². The summed E-state index contributed by atoms with van der Waals surface area (Å²) in [5, 5.41) is 4.74. The lowest BCUT2D eigenvalue weighted by molar-refractivity contribution is 0.271. The Bertz CT molecular complexity index is 631. The molecule has 1 fully saturated rings. The van der Waals surface area contributed by atoms with Gasteiger partial charge >= 0.3 is 0 Å². The molecule has 2 N–H and O–H groups in total. The first-order valence-corrected chi connectivity index (χ1v) is 7.97. The highest BCUT2D eigenvalue weighted by molar-refractivity contribution is 6.30. The van der Waals surface area contributed by atoms with Crippen molar-refractivity contribution in [2.45, 2.75) is 19.8 Å². The lowest BCUT2D eigenvalue weighted by Gasteiger charge is -2.22. The van der Waals surface area contributed by atoms with Crippen LogP contribution < -0.4 is 5.73 Å². The van der Waals surface area contributed by atoms with Crippen LogP contribution in [0.2, 0.25) is 5.02 Å². The molecule has 2 heterocycles. The number of nitrogens with zero attached hydrogens (tertiary/aromatic N) is 3. The van der Waals surface area contributed by atoms with Gasteiger partial charge in [-0.15, -0.1) is 12.4 Å². The van der Waals surface area contributed by atoms with E-state index in [0.717, 1.165) is 44.6 Å². The van der Waals surface area contributed by atoms with Crippen LogP contribution in [0.25, 0.3) is 11.4 Å². The molecular formula is C16H22Cl2N4O. The lowest BCUT2D eigenvalue weighted by Crippen LogP contribution is -2.32. The highest BCUT2D eigenvalue weighted by Gasteiger charge is 2.32. The zero-order valence-corrected chi connectivity index (χ0v) is 14.7. The van der Waals surface area contributed by atoms with Gasteiger partial charge in [0.1, 0.15) is 0 Å². The van der Waals surface area contributed by atoms with E-state index in [1.54, 1.807) is 0 Å². The van der Waals surface area contributed by atoms with Gasteiger partial charge in [0.25, 0.3) is 0 Å². The lowest BCUT2D eigenvalue weighted by atomic mass is 9.90. The van der Waals surface area contributed by atoms with Crippen molar-refractivity contribution in [2.75, 3.05) is 26.2 Å². The van der Waals surface area contributed by atoms with E-state index in [1.165, 1.54) is 0 Å². The molecule has 0 radical (unpaired) electrons. The van der Waals surface area contributed by atoms with Crippen LogP contribution in [0.3, 0.4) is 0 Å². The monoisotopic (exact) mass is 356 g/mol. The summed E-state index contributed by atoms with van der Waals surface area (Å²) < 4.78 is 5.34. The molecule has 2 aromatic rings. The Balaban J connectivity index is 0.00000192. The van der Waals surface area contributed by atoms with E-state index in [1.807, 2.05) is 24.3 Å². The van der Waals surface area contributed by atoms with Crippen molar-refractivity contribution < 1.29 is 4.52 Å². The van der Waals surface area contributed by atoms with Crippen molar-refractivity contribution in [1.82, 2.24) is 15.0 Å². The maximum absolute atomic E-state index is 5.88. The number of hydrogen-bond donors (Lipinski definition) is 1. The Kier molecular flexibility index (Phi) is 6.03. The van der Waals surface area contributed by atoms with Crippen LogP contribution in [0.4, 0.5) is 0 Å². The fraction of sp³-hybridized carbons (Fsp3) is 0.500. The predicted octanol–water partition coefficient (Wildman–Crippen LogP) is 3.03. The van der Waals surface area contributed by atoms with Crippen molar-refractivity contribution in [3.63, 3.8) is 0 Å². The van der Waals surface area contributed by atoms with Gasteiger partial charge in [-0.2, -0.15) is 4.98 Å². The summed E-state index contributed by atoms with van der Waals surface area (Å²) in [4.78, 5) is 6.87. The summed E-state index contributed by atoms with van der Waals surface area (Å²) in [6.45, 7) is 6.05. The third kappa shape index (κ3) is 4.44. The van der Waals surface area contributed by atoms with E-state index in [4.69, 9.17) is 21.9 Å². The van der Waals surface area contributed by atoms with E-state index < -0.39 is 0 Å². The highest BCUT2D eigenvalue weighted by Crippen LogP contribution is 2.28. The van der Waals surface area contributed by atoms with E-state index in [9.17, 15) is 0 Å². The Morgan fingerprint density at radius 2 is 2.09 bits per heavy atom. The van der Waals surface area contributed by atoms with Gasteiger partial charge in [-0.1, -0.05) is 23.7 Å². The fourth-order valence-electron chi connectivity index (χ4n) is 2.81. The number of nitrogens with two attached hydrogens (primary N) is 1. The summed E-state index contributed by atoms with van der Waals surface area (Å²) in [6.07, 6.45) is 1.92. The first kappa shape index (κ1) is 18.2. The van der Waals surface area contributed by atoms with Crippen LogP contribution in [-0.2, 0) is 6.42 Å². The van der Waals surface area contributed by atoms with Crippen LogP contribution in [0.1, 0.15) is 19.2 Å². The third-order valence-electron chi connectivity index (χ3n) is 4.34. The first-order valence-electron chi connectivity index (χ1n) is 7.59. The summed E-state index contributed by atoms with van der Waals surface area (Å²) in [5.41, 5.74) is 7.01. The van der Waals surface area contributed by atoms with Crippen molar-refractivity contribution in [3.8, 4) is 11.4 Å². The summed E-state index contributed by atoms with van der Waals surface area (Å²) >= 11 is 5.88. The second kappa shape index (κ2) is 7.62. The van der Waals surface area contributed by atoms with Crippen molar-refractivity contribution in [3.05, 3.63) is 35.2 Å². The molecule has 7 heteroatoms. The summed E-state index contributed by atoms with van der Waals surface area (Å²) in [6, 6.07) is 7.43. The molecule has 0 amide bonds. The van der Waals surface area contributed by atoms with Gasteiger partial charge in [0, 0.05) is 30.1 Å². The highest BCUT2D eigenvalue weighted by atomic mass is 35.5. The second-order valence-corrected chi connectivity index (χ2v) is 6.75. The van der Waals surface area contributed by atoms with Gasteiger partial charge in [-0.25, -0.2) is 0 Å². The van der Waals surface area contributed by atoms with E-state index >= 15 is 0 Å². The average Bonchev–Trinajstić information content (AvgIpc) is 3.14. The largest absolute Gasteiger partial charge is 0.339 e. The molecule has 1 unspecified atom stereocenters.